The van der Waals surface area contributed by atoms with Crippen molar-refractivity contribution < 1.29 is 5.11 Å². The Hall–Kier alpha value is -0.860. The molecule has 2 atom stereocenters. The smallest absolute Gasteiger partial charge is 0.0433 e. The van der Waals surface area contributed by atoms with Gasteiger partial charge in [0.15, 0.2) is 0 Å². The zero-order valence-electron chi connectivity index (χ0n) is 11.7. The number of rotatable bonds is 3. The Morgan fingerprint density at radius 1 is 1.17 bits per heavy atom. The molecule has 1 fully saturated rings. The average molecular weight is 249 g/mol. The molecule has 1 aliphatic rings. The first-order valence-electron chi connectivity index (χ1n) is 7.04. The van der Waals surface area contributed by atoms with Crippen LogP contribution in [0.3, 0.4) is 0 Å². The Morgan fingerprint density at radius 3 is 2.44 bits per heavy atom. The molecule has 0 aromatic heterocycles. The van der Waals surface area contributed by atoms with Gasteiger partial charge in [0.1, 0.15) is 0 Å². The third-order valence-corrected chi connectivity index (χ3v) is 3.87. The maximum atomic E-state index is 9.01. The number of hydrogen-bond acceptors (Lipinski definition) is 2. The summed E-state index contributed by atoms with van der Waals surface area (Å²) in [4.78, 5) is 0. The third kappa shape index (κ3) is 4.43. The fourth-order valence-corrected chi connectivity index (χ4v) is 2.88. The van der Waals surface area contributed by atoms with Crippen molar-refractivity contribution in [3.63, 3.8) is 0 Å². The Labute approximate surface area is 111 Å². The molecule has 1 aromatic rings. The Bertz CT molecular complexity index is 318. The minimum absolute atomic E-state index is 0.352. The largest absolute Gasteiger partial charge is 0.396 e. The van der Waals surface area contributed by atoms with E-state index in [-0.39, 0.29) is 0 Å². The summed E-state index contributed by atoms with van der Waals surface area (Å²) in [5.41, 5.74) is 7.33. The molecule has 0 spiro atoms. The lowest BCUT2D eigenvalue weighted by Crippen LogP contribution is -2.15. The van der Waals surface area contributed by atoms with Crippen LogP contribution < -0.4 is 5.73 Å². The molecule has 102 valence electrons. The topological polar surface area (TPSA) is 46.2 Å². The number of benzene rings is 1. The molecule has 0 aliphatic heterocycles. The molecule has 18 heavy (non-hydrogen) atoms. The SMILES string of the molecule is CN.Cc1ccc(C2CCCC(CCO)C2)cc1. The number of hydrogen-bond donors (Lipinski definition) is 2. The van der Waals surface area contributed by atoms with E-state index in [0.717, 1.165) is 18.3 Å². The van der Waals surface area contributed by atoms with Crippen LogP contribution in [0.25, 0.3) is 0 Å². The predicted octanol–water partition coefficient (Wildman–Crippen LogP) is 3.23. The normalized spacial score (nSPS) is 23.1. The van der Waals surface area contributed by atoms with Gasteiger partial charge in [-0.3, -0.25) is 0 Å². The molecule has 0 saturated heterocycles. The molecule has 1 aromatic carbocycles. The summed E-state index contributed by atoms with van der Waals surface area (Å²) >= 11 is 0. The first kappa shape index (κ1) is 15.2. The number of aliphatic hydroxyl groups excluding tert-OH is 1. The highest BCUT2D eigenvalue weighted by molar-refractivity contribution is 5.24. The average Bonchev–Trinajstić information content (AvgIpc) is 2.43. The van der Waals surface area contributed by atoms with Gasteiger partial charge in [-0.1, -0.05) is 42.7 Å². The van der Waals surface area contributed by atoms with Crippen LogP contribution in [0.15, 0.2) is 24.3 Å². The molecule has 3 N–H and O–H groups in total. The van der Waals surface area contributed by atoms with E-state index in [1.54, 1.807) is 0 Å². The molecule has 2 rings (SSSR count). The van der Waals surface area contributed by atoms with E-state index >= 15 is 0 Å². The molecule has 1 aliphatic carbocycles. The summed E-state index contributed by atoms with van der Waals surface area (Å²) in [7, 11) is 1.50. The van der Waals surface area contributed by atoms with Crippen LogP contribution in [0.2, 0.25) is 0 Å². The van der Waals surface area contributed by atoms with Crippen molar-refractivity contribution in [1.29, 1.82) is 0 Å². The molecule has 2 nitrogen and oxygen atoms in total. The van der Waals surface area contributed by atoms with Gasteiger partial charge in [-0.25, -0.2) is 0 Å². The minimum atomic E-state index is 0.352. The van der Waals surface area contributed by atoms with Gasteiger partial charge in [0.05, 0.1) is 0 Å². The Kier molecular flexibility index (Phi) is 6.99. The molecule has 0 heterocycles. The van der Waals surface area contributed by atoms with Gasteiger partial charge in [-0.2, -0.15) is 0 Å². The standard InChI is InChI=1S/C15H22O.CH5N/c1-12-5-7-14(8-6-12)15-4-2-3-13(11-15)9-10-16;1-2/h5-8,13,15-16H,2-4,9-11H2,1H3;2H2,1H3. The lowest BCUT2D eigenvalue weighted by Gasteiger charge is -2.29. The van der Waals surface area contributed by atoms with E-state index in [4.69, 9.17) is 5.11 Å². The van der Waals surface area contributed by atoms with E-state index in [0.29, 0.717) is 6.61 Å². The van der Waals surface area contributed by atoms with E-state index < -0.39 is 0 Å². The second-order valence-corrected chi connectivity index (χ2v) is 5.15. The third-order valence-electron chi connectivity index (χ3n) is 3.87. The second kappa shape index (κ2) is 8.28. The van der Waals surface area contributed by atoms with Crippen molar-refractivity contribution in [1.82, 2.24) is 0 Å². The number of nitrogens with two attached hydrogens (primary N) is 1. The Morgan fingerprint density at radius 2 is 1.83 bits per heavy atom. The lowest BCUT2D eigenvalue weighted by molar-refractivity contribution is 0.220. The van der Waals surface area contributed by atoms with Crippen molar-refractivity contribution in [2.75, 3.05) is 13.7 Å². The quantitative estimate of drug-likeness (QED) is 0.864. The first-order chi connectivity index (χ1) is 8.79. The van der Waals surface area contributed by atoms with Crippen molar-refractivity contribution in [3.8, 4) is 0 Å². The molecule has 2 unspecified atom stereocenters. The van der Waals surface area contributed by atoms with Crippen LogP contribution >= 0.6 is 0 Å². The van der Waals surface area contributed by atoms with Gasteiger partial charge in [0.25, 0.3) is 0 Å². The summed E-state index contributed by atoms with van der Waals surface area (Å²) < 4.78 is 0. The van der Waals surface area contributed by atoms with Gasteiger partial charge in [-0.15, -0.1) is 0 Å². The molecule has 1 saturated carbocycles. The molecule has 0 radical (unpaired) electrons. The molecular formula is C16H27NO. The maximum Gasteiger partial charge on any atom is 0.0433 e. The van der Waals surface area contributed by atoms with Gasteiger partial charge < -0.3 is 10.8 Å². The fraction of sp³-hybridized carbons (Fsp3) is 0.625. The first-order valence-corrected chi connectivity index (χ1v) is 7.04. The van der Waals surface area contributed by atoms with Crippen LogP contribution in [0.1, 0.15) is 49.1 Å². The van der Waals surface area contributed by atoms with Crippen molar-refractivity contribution >= 4 is 0 Å². The number of aliphatic hydroxyl groups is 1. The number of aryl methyl sites for hydroxylation is 1. The van der Waals surface area contributed by atoms with E-state index in [1.165, 1.54) is 43.9 Å². The van der Waals surface area contributed by atoms with Crippen LogP contribution in [0.4, 0.5) is 0 Å². The minimum Gasteiger partial charge on any atom is -0.396 e. The molecule has 0 bridgehead atoms. The van der Waals surface area contributed by atoms with Gasteiger partial charge in [0, 0.05) is 6.61 Å². The van der Waals surface area contributed by atoms with Crippen molar-refractivity contribution in [2.45, 2.75) is 44.9 Å². The highest BCUT2D eigenvalue weighted by Gasteiger charge is 2.22. The Balaban J connectivity index is 0.000000771. The highest BCUT2D eigenvalue weighted by atomic mass is 16.3. The van der Waals surface area contributed by atoms with Crippen molar-refractivity contribution in [2.24, 2.45) is 11.7 Å². The van der Waals surface area contributed by atoms with E-state index in [9.17, 15) is 0 Å². The van der Waals surface area contributed by atoms with Crippen LogP contribution in [0, 0.1) is 12.8 Å². The van der Waals surface area contributed by atoms with Gasteiger partial charge in [0.2, 0.25) is 0 Å². The van der Waals surface area contributed by atoms with E-state index in [1.807, 2.05) is 0 Å². The van der Waals surface area contributed by atoms with Gasteiger partial charge >= 0.3 is 0 Å². The molecular weight excluding hydrogens is 222 g/mol. The van der Waals surface area contributed by atoms with Crippen LogP contribution in [-0.2, 0) is 0 Å². The summed E-state index contributed by atoms with van der Waals surface area (Å²) in [6, 6.07) is 8.98. The van der Waals surface area contributed by atoms with Gasteiger partial charge in [-0.05, 0) is 50.6 Å². The highest BCUT2D eigenvalue weighted by Crippen LogP contribution is 2.37. The lowest BCUT2D eigenvalue weighted by atomic mass is 9.77. The summed E-state index contributed by atoms with van der Waals surface area (Å²) in [6.07, 6.45) is 6.21. The van der Waals surface area contributed by atoms with Crippen LogP contribution in [-0.4, -0.2) is 18.8 Å². The fourth-order valence-electron chi connectivity index (χ4n) is 2.88. The summed E-state index contributed by atoms with van der Waals surface area (Å²) in [6.45, 7) is 2.49. The monoisotopic (exact) mass is 249 g/mol. The zero-order valence-corrected chi connectivity index (χ0v) is 11.7. The van der Waals surface area contributed by atoms with E-state index in [2.05, 4.69) is 36.9 Å². The van der Waals surface area contributed by atoms with Crippen LogP contribution in [0.5, 0.6) is 0 Å². The predicted molar refractivity (Wildman–Crippen MR) is 77.7 cm³/mol. The van der Waals surface area contributed by atoms with Crippen molar-refractivity contribution in [3.05, 3.63) is 35.4 Å². The maximum absolute atomic E-state index is 9.01. The zero-order chi connectivity index (χ0) is 13.4. The summed E-state index contributed by atoms with van der Waals surface area (Å²) in [5.74, 6) is 1.47. The second-order valence-electron chi connectivity index (χ2n) is 5.15. The molecule has 0 amide bonds. The molecule has 2 heteroatoms. The summed E-state index contributed by atoms with van der Waals surface area (Å²) in [5, 5.41) is 9.01.